The van der Waals surface area contributed by atoms with Crippen LogP contribution in [-0.2, 0) is 15.3 Å². The smallest absolute Gasteiger partial charge is 0.229 e. The average Bonchev–Trinajstić information content (AvgIpc) is 2.56. The molecule has 0 aromatic heterocycles. The van der Waals surface area contributed by atoms with E-state index in [-0.39, 0.29) is 0 Å². The van der Waals surface area contributed by atoms with Gasteiger partial charge < -0.3 is 14.2 Å². The molecule has 2 aromatic rings. The highest BCUT2D eigenvalue weighted by Gasteiger charge is 2.46. The van der Waals surface area contributed by atoms with Crippen molar-refractivity contribution in [3.8, 4) is 11.5 Å². The van der Waals surface area contributed by atoms with Crippen LogP contribution in [0.4, 0.5) is 0 Å². The molecule has 2 heterocycles. The lowest BCUT2D eigenvalue weighted by atomic mass is 9.89. The molecule has 1 spiro atoms. The fraction of sp³-hybridized carbons (Fsp3) is 0.368. The molecule has 0 N–H and O–H groups in total. The first-order valence-corrected chi connectivity index (χ1v) is 7.90. The van der Waals surface area contributed by atoms with Crippen LogP contribution in [0.1, 0.15) is 42.9 Å². The van der Waals surface area contributed by atoms with Crippen molar-refractivity contribution >= 4 is 0 Å². The third kappa shape index (κ3) is 1.97. The Bertz CT molecular complexity index is 700. The number of hydrogen-bond donors (Lipinski definition) is 0. The van der Waals surface area contributed by atoms with Gasteiger partial charge in [0, 0.05) is 0 Å². The minimum absolute atomic E-state index is 0.447. The quantitative estimate of drug-likeness (QED) is 0.772. The van der Waals surface area contributed by atoms with Gasteiger partial charge in [0.15, 0.2) is 0 Å². The molecule has 0 radical (unpaired) electrons. The van der Waals surface area contributed by atoms with Crippen molar-refractivity contribution in [3.05, 3.63) is 59.2 Å². The van der Waals surface area contributed by atoms with Gasteiger partial charge in [0.05, 0.1) is 24.3 Å². The van der Waals surface area contributed by atoms with E-state index >= 15 is 0 Å². The zero-order valence-electron chi connectivity index (χ0n) is 13.0. The van der Waals surface area contributed by atoms with Gasteiger partial charge in [-0.25, -0.2) is 0 Å². The van der Waals surface area contributed by atoms with E-state index in [9.17, 15) is 0 Å². The van der Waals surface area contributed by atoms with Crippen molar-refractivity contribution in [1.82, 2.24) is 0 Å². The molecule has 0 atom stereocenters. The van der Waals surface area contributed by atoms with Gasteiger partial charge in [0.1, 0.15) is 11.5 Å². The summed E-state index contributed by atoms with van der Waals surface area (Å²) in [5.74, 6) is 1.26. The fourth-order valence-electron chi connectivity index (χ4n) is 3.19. The van der Waals surface area contributed by atoms with Crippen molar-refractivity contribution in [2.75, 3.05) is 13.2 Å². The molecule has 3 heteroatoms. The molecular formula is C19H20O3. The molecule has 0 bridgehead atoms. The van der Waals surface area contributed by atoms with Crippen molar-refractivity contribution in [2.24, 2.45) is 0 Å². The van der Waals surface area contributed by atoms with Crippen LogP contribution in [0.15, 0.2) is 42.5 Å². The first-order valence-electron chi connectivity index (χ1n) is 7.90. The Hall–Kier alpha value is -1.84. The van der Waals surface area contributed by atoms with Crippen LogP contribution < -0.4 is 4.74 Å². The molecular weight excluding hydrogens is 276 g/mol. The summed E-state index contributed by atoms with van der Waals surface area (Å²) in [6.45, 7) is 5.77. The largest absolute Gasteiger partial charge is 0.456 e. The van der Waals surface area contributed by atoms with E-state index in [0.717, 1.165) is 29.0 Å². The highest BCUT2D eigenvalue weighted by molar-refractivity contribution is 5.55. The Kier molecular flexibility index (Phi) is 3.21. The summed E-state index contributed by atoms with van der Waals surface area (Å²) in [7, 11) is 0. The molecule has 1 saturated heterocycles. The number of para-hydroxylation sites is 1. The molecule has 4 rings (SSSR count). The molecule has 2 aliphatic heterocycles. The normalized spacial score (nSPS) is 18.7. The Morgan fingerprint density at radius 2 is 1.64 bits per heavy atom. The number of rotatable bonds is 1. The van der Waals surface area contributed by atoms with Crippen molar-refractivity contribution in [2.45, 2.75) is 32.0 Å². The van der Waals surface area contributed by atoms with Gasteiger partial charge >= 0.3 is 0 Å². The second kappa shape index (κ2) is 5.11. The Labute approximate surface area is 130 Å². The van der Waals surface area contributed by atoms with Gasteiger partial charge in [-0.1, -0.05) is 32.0 Å². The first-order chi connectivity index (χ1) is 10.7. The first kappa shape index (κ1) is 13.8. The van der Waals surface area contributed by atoms with E-state index in [4.69, 9.17) is 14.2 Å². The van der Waals surface area contributed by atoms with Crippen molar-refractivity contribution < 1.29 is 14.2 Å². The zero-order valence-corrected chi connectivity index (χ0v) is 13.0. The number of hydrogen-bond acceptors (Lipinski definition) is 3. The van der Waals surface area contributed by atoms with Crippen LogP contribution in [0.2, 0.25) is 0 Å². The number of ether oxygens (including phenoxy) is 3. The molecule has 0 aliphatic carbocycles. The molecule has 3 nitrogen and oxygen atoms in total. The van der Waals surface area contributed by atoms with Crippen LogP contribution in [-0.4, -0.2) is 13.2 Å². The molecule has 0 amide bonds. The van der Waals surface area contributed by atoms with Crippen LogP contribution in [0.5, 0.6) is 11.5 Å². The van der Waals surface area contributed by atoms with Gasteiger partial charge in [-0.3, -0.25) is 0 Å². The third-order valence-corrected chi connectivity index (χ3v) is 4.39. The lowest BCUT2D eigenvalue weighted by Crippen LogP contribution is -2.41. The van der Waals surface area contributed by atoms with Crippen LogP contribution in [0.3, 0.4) is 0 Å². The maximum atomic E-state index is 6.19. The van der Waals surface area contributed by atoms with Crippen LogP contribution >= 0.6 is 0 Å². The SMILES string of the molecule is CC(C)c1ccc2c(c1)C1(OCCCO1)c1ccccc1O2. The summed E-state index contributed by atoms with van der Waals surface area (Å²) in [6, 6.07) is 14.3. The van der Waals surface area contributed by atoms with E-state index in [1.807, 2.05) is 30.3 Å². The summed E-state index contributed by atoms with van der Waals surface area (Å²) in [4.78, 5) is 0. The summed E-state index contributed by atoms with van der Waals surface area (Å²) < 4.78 is 18.5. The lowest BCUT2D eigenvalue weighted by molar-refractivity contribution is -0.252. The minimum Gasteiger partial charge on any atom is -0.456 e. The Balaban J connectivity index is 1.94. The number of benzene rings is 2. The molecule has 0 saturated carbocycles. The maximum Gasteiger partial charge on any atom is 0.229 e. The molecule has 2 aromatic carbocycles. The summed E-state index contributed by atoms with van der Waals surface area (Å²) in [5, 5.41) is 0. The molecule has 114 valence electrons. The second-order valence-electron chi connectivity index (χ2n) is 6.18. The summed E-state index contributed by atoms with van der Waals surface area (Å²) in [6.07, 6.45) is 0.921. The second-order valence-corrected chi connectivity index (χ2v) is 6.18. The minimum atomic E-state index is -0.826. The van der Waals surface area contributed by atoms with E-state index in [0.29, 0.717) is 19.1 Å². The van der Waals surface area contributed by atoms with Gasteiger partial charge in [0.25, 0.3) is 0 Å². The van der Waals surface area contributed by atoms with Crippen LogP contribution in [0, 0.1) is 0 Å². The molecule has 22 heavy (non-hydrogen) atoms. The van der Waals surface area contributed by atoms with E-state index < -0.39 is 5.79 Å². The van der Waals surface area contributed by atoms with Crippen molar-refractivity contribution in [3.63, 3.8) is 0 Å². The maximum absolute atomic E-state index is 6.19. The summed E-state index contributed by atoms with van der Waals surface area (Å²) >= 11 is 0. The topological polar surface area (TPSA) is 27.7 Å². The molecule has 1 fully saturated rings. The van der Waals surface area contributed by atoms with Crippen molar-refractivity contribution in [1.29, 1.82) is 0 Å². The van der Waals surface area contributed by atoms with Crippen LogP contribution in [0.25, 0.3) is 0 Å². The highest BCUT2D eigenvalue weighted by atomic mass is 16.7. The van der Waals surface area contributed by atoms with E-state index in [1.54, 1.807) is 0 Å². The average molecular weight is 296 g/mol. The molecule has 0 unspecified atom stereocenters. The number of fused-ring (bicyclic) bond motifs is 4. The predicted molar refractivity (Wildman–Crippen MR) is 84.3 cm³/mol. The Morgan fingerprint density at radius 1 is 0.909 bits per heavy atom. The van der Waals surface area contributed by atoms with Gasteiger partial charge in [-0.15, -0.1) is 0 Å². The van der Waals surface area contributed by atoms with Gasteiger partial charge in [0.2, 0.25) is 5.79 Å². The van der Waals surface area contributed by atoms with E-state index in [1.165, 1.54) is 5.56 Å². The standard InChI is InChI=1S/C19H20O3/c1-13(2)14-8-9-18-16(12-14)19(20-10-5-11-21-19)15-6-3-4-7-17(15)22-18/h3-4,6-9,12-13H,5,10-11H2,1-2H3. The molecule has 2 aliphatic rings. The highest BCUT2D eigenvalue weighted by Crippen LogP contribution is 2.51. The zero-order chi connectivity index (χ0) is 15.2. The summed E-state index contributed by atoms with van der Waals surface area (Å²) in [5.41, 5.74) is 3.21. The lowest BCUT2D eigenvalue weighted by Gasteiger charge is -2.42. The van der Waals surface area contributed by atoms with E-state index in [2.05, 4.69) is 26.0 Å². The Morgan fingerprint density at radius 3 is 2.41 bits per heavy atom. The predicted octanol–water partition coefficient (Wildman–Crippen LogP) is 4.55. The monoisotopic (exact) mass is 296 g/mol. The fourth-order valence-corrected chi connectivity index (χ4v) is 3.19. The third-order valence-electron chi connectivity index (χ3n) is 4.39. The van der Waals surface area contributed by atoms with Gasteiger partial charge in [-0.2, -0.15) is 0 Å². The van der Waals surface area contributed by atoms with Gasteiger partial charge in [-0.05, 0) is 42.2 Å².